The third kappa shape index (κ3) is 3.74. The van der Waals surface area contributed by atoms with E-state index in [9.17, 15) is 4.39 Å². The summed E-state index contributed by atoms with van der Waals surface area (Å²) in [5.41, 5.74) is 2.79. The van der Waals surface area contributed by atoms with Crippen LogP contribution in [0.25, 0.3) is 0 Å². The second-order valence-electron chi connectivity index (χ2n) is 6.05. The van der Waals surface area contributed by atoms with Crippen LogP contribution in [0, 0.1) is 12.7 Å². The van der Waals surface area contributed by atoms with Crippen LogP contribution in [0.4, 0.5) is 4.39 Å². The van der Waals surface area contributed by atoms with Gasteiger partial charge in [0.1, 0.15) is 5.82 Å². The van der Waals surface area contributed by atoms with E-state index in [2.05, 4.69) is 20.4 Å². The Labute approximate surface area is 141 Å². The van der Waals surface area contributed by atoms with Crippen LogP contribution in [-0.4, -0.2) is 34.7 Å². The maximum atomic E-state index is 14.4. The molecule has 0 unspecified atom stereocenters. The Morgan fingerprint density at radius 2 is 2.17 bits per heavy atom. The summed E-state index contributed by atoms with van der Waals surface area (Å²) in [4.78, 5) is 2.32. The van der Waals surface area contributed by atoms with E-state index in [1.807, 2.05) is 13.1 Å². The molecule has 1 saturated heterocycles. The molecule has 1 atom stereocenters. The van der Waals surface area contributed by atoms with Crippen molar-refractivity contribution in [1.82, 2.24) is 20.4 Å². The second kappa shape index (κ2) is 7.43. The minimum absolute atomic E-state index is 0.0431. The van der Waals surface area contributed by atoms with E-state index in [0.29, 0.717) is 23.7 Å². The van der Waals surface area contributed by atoms with Gasteiger partial charge < -0.3 is 5.32 Å². The number of rotatable bonds is 6. The third-order valence-electron chi connectivity index (χ3n) is 4.50. The van der Waals surface area contributed by atoms with Gasteiger partial charge in [0.05, 0.1) is 12.2 Å². The molecule has 2 heterocycles. The van der Waals surface area contributed by atoms with Crippen molar-refractivity contribution in [3.63, 3.8) is 0 Å². The van der Waals surface area contributed by atoms with Gasteiger partial charge in [0.25, 0.3) is 0 Å². The number of likely N-dealkylation sites (tertiary alicyclic amines) is 1. The molecule has 0 amide bonds. The highest BCUT2D eigenvalue weighted by Crippen LogP contribution is 2.32. The number of aromatic amines is 1. The summed E-state index contributed by atoms with van der Waals surface area (Å²) in [6.45, 7) is 5.34. The van der Waals surface area contributed by atoms with Crippen molar-refractivity contribution in [2.24, 2.45) is 0 Å². The van der Waals surface area contributed by atoms with E-state index >= 15 is 0 Å². The zero-order valence-electron chi connectivity index (χ0n) is 13.3. The standard InChI is InChI=1S/C17H22ClFN4/c1-12-13(10-21-22-12)9-20-11-16(23-7-2-3-8-23)17-14(18)5-4-6-15(17)19/h4-6,10,16,20H,2-3,7-9,11H2,1H3,(H,21,22)/t16-/m0/s1. The smallest absolute Gasteiger partial charge is 0.129 e. The quantitative estimate of drug-likeness (QED) is 0.849. The Kier molecular flexibility index (Phi) is 5.30. The molecular weight excluding hydrogens is 315 g/mol. The molecule has 6 heteroatoms. The van der Waals surface area contributed by atoms with E-state index in [4.69, 9.17) is 11.6 Å². The first kappa shape index (κ1) is 16.4. The largest absolute Gasteiger partial charge is 0.311 e. The van der Waals surface area contributed by atoms with Gasteiger partial charge in [0.2, 0.25) is 0 Å². The second-order valence-corrected chi connectivity index (χ2v) is 6.45. The maximum absolute atomic E-state index is 14.4. The van der Waals surface area contributed by atoms with E-state index in [-0.39, 0.29) is 11.9 Å². The summed E-state index contributed by atoms with van der Waals surface area (Å²) in [6.07, 6.45) is 4.14. The van der Waals surface area contributed by atoms with Crippen LogP contribution in [0.3, 0.4) is 0 Å². The molecule has 4 nitrogen and oxygen atoms in total. The SMILES string of the molecule is Cc1[nH]ncc1CNC[C@@H](c1c(F)cccc1Cl)N1CCCC1. The van der Waals surface area contributed by atoms with Gasteiger partial charge in [0.15, 0.2) is 0 Å². The molecule has 0 saturated carbocycles. The first-order valence-corrected chi connectivity index (χ1v) is 8.42. The zero-order chi connectivity index (χ0) is 16.2. The molecule has 3 rings (SSSR count). The summed E-state index contributed by atoms with van der Waals surface area (Å²) < 4.78 is 14.4. The highest BCUT2D eigenvalue weighted by atomic mass is 35.5. The van der Waals surface area contributed by atoms with Gasteiger partial charge in [-0.1, -0.05) is 17.7 Å². The number of aryl methyl sites for hydroxylation is 1. The van der Waals surface area contributed by atoms with Gasteiger partial charge in [-0.15, -0.1) is 0 Å². The molecule has 124 valence electrons. The summed E-state index contributed by atoms with van der Waals surface area (Å²) in [7, 11) is 0. The van der Waals surface area contributed by atoms with E-state index in [0.717, 1.165) is 37.2 Å². The predicted octanol–water partition coefficient (Wildman–Crippen LogP) is 3.44. The number of hydrogen-bond acceptors (Lipinski definition) is 3. The normalized spacial score (nSPS) is 16.8. The molecule has 0 spiro atoms. The summed E-state index contributed by atoms with van der Waals surface area (Å²) in [6, 6.07) is 4.87. The fraction of sp³-hybridized carbons (Fsp3) is 0.471. The molecule has 1 aromatic heterocycles. The first-order valence-electron chi connectivity index (χ1n) is 8.04. The topological polar surface area (TPSA) is 44.0 Å². The van der Waals surface area contributed by atoms with Crippen LogP contribution in [-0.2, 0) is 6.54 Å². The number of halogens is 2. The fourth-order valence-corrected chi connectivity index (χ4v) is 3.48. The summed E-state index contributed by atoms with van der Waals surface area (Å²) in [5.74, 6) is -0.226. The highest BCUT2D eigenvalue weighted by Gasteiger charge is 2.27. The van der Waals surface area contributed by atoms with Crippen molar-refractivity contribution >= 4 is 11.6 Å². The Hall–Kier alpha value is -1.43. The average Bonchev–Trinajstić information content (AvgIpc) is 3.17. The lowest BCUT2D eigenvalue weighted by Gasteiger charge is -2.29. The number of benzene rings is 1. The lowest BCUT2D eigenvalue weighted by Crippen LogP contribution is -2.34. The van der Waals surface area contributed by atoms with Gasteiger partial charge in [-0.3, -0.25) is 10.00 Å². The van der Waals surface area contributed by atoms with Crippen molar-refractivity contribution in [3.05, 3.63) is 52.1 Å². The number of aromatic nitrogens is 2. The van der Waals surface area contributed by atoms with E-state index < -0.39 is 0 Å². The summed E-state index contributed by atoms with van der Waals surface area (Å²) in [5, 5.41) is 10.9. The van der Waals surface area contributed by atoms with Crippen LogP contribution < -0.4 is 5.32 Å². The summed E-state index contributed by atoms with van der Waals surface area (Å²) >= 11 is 6.30. The Morgan fingerprint density at radius 1 is 1.39 bits per heavy atom. The number of nitrogens with zero attached hydrogens (tertiary/aromatic N) is 2. The van der Waals surface area contributed by atoms with Crippen LogP contribution in [0.1, 0.15) is 35.7 Å². The molecule has 0 radical (unpaired) electrons. The van der Waals surface area contributed by atoms with Crippen molar-refractivity contribution in [2.45, 2.75) is 32.4 Å². The molecule has 2 N–H and O–H groups in total. The lowest BCUT2D eigenvalue weighted by molar-refractivity contribution is 0.233. The van der Waals surface area contributed by atoms with Crippen molar-refractivity contribution < 1.29 is 4.39 Å². The minimum Gasteiger partial charge on any atom is -0.311 e. The average molecular weight is 337 g/mol. The molecule has 23 heavy (non-hydrogen) atoms. The molecule has 0 aliphatic carbocycles. The third-order valence-corrected chi connectivity index (χ3v) is 4.83. The predicted molar refractivity (Wildman–Crippen MR) is 90.0 cm³/mol. The van der Waals surface area contributed by atoms with Crippen molar-refractivity contribution in [2.75, 3.05) is 19.6 Å². The van der Waals surface area contributed by atoms with E-state index in [1.165, 1.54) is 6.07 Å². The Bertz CT molecular complexity index is 632. The van der Waals surface area contributed by atoms with Crippen molar-refractivity contribution in [3.8, 4) is 0 Å². The lowest BCUT2D eigenvalue weighted by atomic mass is 10.0. The number of nitrogens with one attached hydrogen (secondary N) is 2. The van der Waals surface area contributed by atoms with Crippen LogP contribution in [0.15, 0.2) is 24.4 Å². The van der Waals surface area contributed by atoms with Gasteiger partial charge in [0, 0.05) is 34.9 Å². The Balaban J connectivity index is 1.75. The Morgan fingerprint density at radius 3 is 2.83 bits per heavy atom. The van der Waals surface area contributed by atoms with Gasteiger partial charge in [-0.05, 0) is 45.0 Å². The molecule has 2 aromatic rings. The minimum atomic E-state index is -0.226. The number of H-pyrrole nitrogens is 1. The van der Waals surface area contributed by atoms with Gasteiger partial charge >= 0.3 is 0 Å². The molecule has 1 fully saturated rings. The van der Waals surface area contributed by atoms with Gasteiger partial charge in [-0.2, -0.15) is 5.10 Å². The fourth-order valence-electron chi connectivity index (χ4n) is 3.19. The first-order chi connectivity index (χ1) is 11.2. The number of hydrogen-bond donors (Lipinski definition) is 2. The highest BCUT2D eigenvalue weighted by molar-refractivity contribution is 6.31. The van der Waals surface area contributed by atoms with Crippen LogP contribution in [0.5, 0.6) is 0 Å². The van der Waals surface area contributed by atoms with E-state index in [1.54, 1.807) is 12.1 Å². The molecular formula is C17H22ClFN4. The van der Waals surface area contributed by atoms with Gasteiger partial charge in [-0.25, -0.2) is 4.39 Å². The molecule has 1 aromatic carbocycles. The van der Waals surface area contributed by atoms with Crippen molar-refractivity contribution in [1.29, 1.82) is 0 Å². The van der Waals surface area contributed by atoms with Crippen LogP contribution >= 0.6 is 11.6 Å². The zero-order valence-corrected chi connectivity index (χ0v) is 14.0. The molecule has 1 aliphatic rings. The molecule has 0 bridgehead atoms. The monoisotopic (exact) mass is 336 g/mol. The van der Waals surface area contributed by atoms with Crippen LogP contribution in [0.2, 0.25) is 5.02 Å². The maximum Gasteiger partial charge on any atom is 0.129 e. The molecule has 1 aliphatic heterocycles.